The van der Waals surface area contributed by atoms with Gasteiger partial charge in [-0.15, -0.1) is 0 Å². The van der Waals surface area contributed by atoms with Gasteiger partial charge in [-0.25, -0.2) is 0 Å². The van der Waals surface area contributed by atoms with Gasteiger partial charge in [-0.1, -0.05) is 35.0 Å². The van der Waals surface area contributed by atoms with Crippen molar-refractivity contribution in [2.45, 2.75) is 18.8 Å². The smallest absolute Gasteiger partial charge is 0.230 e. The second kappa shape index (κ2) is 3.52. The van der Waals surface area contributed by atoms with Crippen molar-refractivity contribution >= 4 is 17.5 Å². The summed E-state index contributed by atoms with van der Waals surface area (Å²) in [6.07, 6.45) is 2.31. The first-order valence-electron chi connectivity index (χ1n) is 5.27. The first-order valence-corrected chi connectivity index (χ1v) is 5.65. The Morgan fingerprint density at radius 2 is 2.06 bits per heavy atom. The lowest BCUT2D eigenvalue weighted by Gasteiger charge is -2.03. The Kier molecular flexibility index (Phi) is 2.14. The van der Waals surface area contributed by atoms with Crippen molar-refractivity contribution in [1.29, 1.82) is 0 Å². The first-order chi connectivity index (χ1) is 7.77. The Morgan fingerprint density at radius 3 is 2.75 bits per heavy atom. The van der Waals surface area contributed by atoms with Crippen molar-refractivity contribution in [2.75, 3.05) is 5.73 Å². The van der Waals surface area contributed by atoms with Crippen LogP contribution in [0.5, 0.6) is 0 Å². The van der Waals surface area contributed by atoms with E-state index in [9.17, 15) is 0 Å². The van der Waals surface area contributed by atoms with Gasteiger partial charge in [-0.05, 0) is 18.9 Å². The molecule has 3 rings (SSSR count). The van der Waals surface area contributed by atoms with Gasteiger partial charge in [0.2, 0.25) is 5.88 Å². The molecule has 1 aliphatic carbocycles. The molecule has 0 bridgehead atoms. The molecule has 1 saturated carbocycles. The average Bonchev–Trinajstić information content (AvgIpc) is 3.04. The van der Waals surface area contributed by atoms with Gasteiger partial charge >= 0.3 is 0 Å². The molecule has 0 spiro atoms. The van der Waals surface area contributed by atoms with Crippen LogP contribution in [0.4, 0.5) is 5.88 Å². The van der Waals surface area contributed by atoms with Crippen molar-refractivity contribution in [2.24, 2.45) is 0 Å². The van der Waals surface area contributed by atoms with Crippen molar-refractivity contribution in [3.05, 3.63) is 35.0 Å². The summed E-state index contributed by atoms with van der Waals surface area (Å²) in [5.41, 5.74) is 8.55. The Bertz CT molecular complexity index is 532. The number of nitrogen functional groups attached to an aromatic ring is 1. The van der Waals surface area contributed by atoms with E-state index in [1.54, 1.807) is 0 Å². The van der Waals surface area contributed by atoms with E-state index in [2.05, 4.69) is 5.16 Å². The highest BCUT2D eigenvalue weighted by molar-refractivity contribution is 6.33. The molecular formula is C12H11ClN2O. The van der Waals surface area contributed by atoms with E-state index < -0.39 is 0 Å². The SMILES string of the molecule is Nc1onc(C2CC2)c1-c1ccccc1Cl. The lowest BCUT2D eigenvalue weighted by Crippen LogP contribution is -1.89. The summed E-state index contributed by atoms with van der Waals surface area (Å²) in [6, 6.07) is 7.62. The first kappa shape index (κ1) is 9.73. The van der Waals surface area contributed by atoms with Crippen LogP contribution in [0.1, 0.15) is 24.5 Å². The minimum atomic E-state index is 0.356. The van der Waals surface area contributed by atoms with E-state index in [1.165, 1.54) is 0 Å². The molecule has 4 heteroatoms. The second-order valence-electron chi connectivity index (χ2n) is 4.06. The topological polar surface area (TPSA) is 52.0 Å². The van der Waals surface area contributed by atoms with Crippen molar-refractivity contribution in [3.63, 3.8) is 0 Å². The standard InChI is InChI=1S/C12H11ClN2O/c13-9-4-2-1-3-8(9)10-11(7-5-6-7)15-16-12(10)14/h1-4,7H,5-6,14H2. The molecule has 82 valence electrons. The molecule has 16 heavy (non-hydrogen) atoms. The zero-order chi connectivity index (χ0) is 11.1. The molecule has 0 atom stereocenters. The Hall–Kier alpha value is -1.48. The molecule has 0 radical (unpaired) electrons. The number of hydrogen-bond acceptors (Lipinski definition) is 3. The summed E-state index contributed by atoms with van der Waals surface area (Å²) in [4.78, 5) is 0. The van der Waals surface area contributed by atoms with E-state index in [4.69, 9.17) is 21.9 Å². The van der Waals surface area contributed by atoms with Gasteiger partial charge in [0.05, 0.1) is 11.3 Å². The van der Waals surface area contributed by atoms with Gasteiger partial charge in [-0.3, -0.25) is 0 Å². The van der Waals surface area contributed by atoms with E-state index >= 15 is 0 Å². The molecule has 0 saturated heterocycles. The number of benzene rings is 1. The predicted octanol–water partition coefficient (Wildman–Crippen LogP) is 3.45. The molecule has 2 aromatic rings. The van der Waals surface area contributed by atoms with Gasteiger partial charge in [0, 0.05) is 16.5 Å². The summed E-state index contributed by atoms with van der Waals surface area (Å²) < 4.78 is 5.08. The highest BCUT2D eigenvalue weighted by Crippen LogP contribution is 2.46. The summed E-state index contributed by atoms with van der Waals surface area (Å²) >= 11 is 6.16. The van der Waals surface area contributed by atoms with E-state index in [1.807, 2.05) is 24.3 Å². The molecule has 0 aliphatic heterocycles. The molecule has 1 fully saturated rings. The molecule has 0 unspecified atom stereocenters. The van der Waals surface area contributed by atoms with Gasteiger partial charge in [-0.2, -0.15) is 0 Å². The van der Waals surface area contributed by atoms with Crippen LogP contribution in [0.15, 0.2) is 28.8 Å². The molecule has 1 aromatic heterocycles. The fourth-order valence-corrected chi connectivity index (χ4v) is 2.12. The number of halogens is 1. The molecule has 0 amide bonds. The zero-order valence-electron chi connectivity index (χ0n) is 8.61. The predicted molar refractivity (Wildman–Crippen MR) is 63.3 cm³/mol. The van der Waals surface area contributed by atoms with Crippen LogP contribution in [0.25, 0.3) is 11.1 Å². The molecule has 1 aromatic carbocycles. The third kappa shape index (κ3) is 1.48. The number of nitrogens with two attached hydrogens (primary N) is 1. The third-order valence-corrected chi connectivity index (χ3v) is 3.18. The minimum Gasteiger partial charge on any atom is -0.367 e. The normalized spacial score (nSPS) is 15.3. The van der Waals surface area contributed by atoms with E-state index in [-0.39, 0.29) is 0 Å². The third-order valence-electron chi connectivity index (χ3n) is 2.85. The maximum atomic E-state index is 6.16. The highest BCUT2D eigenvalue weighted by atomic mass is 35.5. The van der Waals surface area contributed by atoms with Gasteiger partial charge in [0.1, 0.15) is 0 Å². The molecule has 1 aliphatic rings. The summed E-state index contributed by atoms with van der Waals surface area (Å²) in [6.45, 7) is 0. The van der Waals surface area contributed by atoms with Gasteiger partial charge < -0.3 is 10.3 Å². The Morgan fingerprint density at radius 1 is 1.31 bits per heavy atom. The average molecular weight is 235 g/mol. The lowest BCUT2D eigenvalue weighted by atomic mass is 10.0. The summed E-state index contributed by atoms with van der Waals surface area (Å²) in [5, 5.41) is 4.72. The number of aromatic nitrogens is 1. The lowest BCUT2D eigenvalue weighted by molar-refractivity contribution is 0.428. The highest BCUT2D eigenvalue weighted by Gasteiger charge is 2.32. The van der Waals surface area contributed by atoms with Crippen molar-refractivity contribution in [1.82, 2.24) is 5.16 Å². The van der Waals surface area contributed by atoms with Crippen LogP contribution >= 0.6 is 11.6 Å². The van der Waals surface area contributed by atoms with Crippen LogP contribution in [-0.2, 0) is 0 Å². The molecular weight excluding hydrogens is 224 g/mol. The van der Waals surface area contributed by atoms with E-state index in [0.29, 0.717) is 16.8 Å². The van der Waals surface area contributed by atoms with Crippen molar-refractivity contribution < 1.29 is 4.52 Å². The largest absolute Gasteiger partial charge is 0.367 e. The molecule has 2 N–H and O–H groups in total. The van der Waals surface area contributed by atoms with Crippen molar-refractivity contribution in [3.8, 4) is 11.1 Å². The fourth-order valence-electron chi connectivity index (χ4n) is 1.89. The number of anilines is 1. The number of nitrogens with zero attached hydrogens (tertiary/aromatic N) is 1. The monoisotopic (exact) mass is 234 g/mol. The maximum Gasteiger partial charge on any atom is 0.230 e. The van der Waals surface area contributed by atoms with Crippen LogP contribution in [0.2, 0.25) is 5.02 Å². The minimum absolute atomic E-state index is 0.356. The number of hydrogen-bond donors (Lipinski definition) is 1. The quantitative estimate of drug-likeness (QED) is 0.866. The molecule has 3 nitrogen and oxygen atoms in total. The zero-order valence-corrected chi connectivity index (χ0v) is 9.37. The second-order valence-corrected chi connectivity index (χ2v) is 4.47. The molecule has 1 heterocycles. The summed E-state index contributed by atoms with van der Waals surface area (Å²) in [5.74, 6) is 0.849. The Labute approximate surface area is 98.2 Å². The van der Waals surface area contributed by atoms with Crippen LogP contribution in [0, 0.1) is 0 Å². The Balaban J connectivity index is 2.18. The van der Waals surface area contributed by atoms with Gasteiger partial charge in [0.25, 0.3) is 0 Å². The number of rotatable bonds is 2. The van der Waals surface area contributed by atoms with Crippen LogP contribution in [0.3, 0.4) is 0 Å². The fraction of sp³-hybridized carbons (Fsp3) is 0.250. The van der Waals surface area contributed by atoms with Gasteiger partial charge in [0.15, 0.2) is 0 Å². The summed E-state index contributed by atoms with van der Waals surface area (Å²) in [7, 11) is 0. The van der Waals surface area contributed by atoms with Crippen LogP contribution < -0.4 is 5.73 Å². The van der Waals surface area contributed by atoms with E-state index in [0.717, 1.165) is 29.7 Å². The maximum absolute atomic E-state index is 6.16. The van der Waals surface area contributed by atoms with Crippen LogP contribution in [-0.4, -0.2) is 5.16 Å².